The van der Waals surface area contributed by atoms with Crippen LogP contribution in [0.2, 0.25) is 0 Å². The number of hydrogen-bond acceptors (Lipinski definition) is 5. The van der Waals surface area contributed by atoms with Gasteiger partial charge in [-0.15, -0.1) is 0 Å². The molecule has 0 unspecified atom stereocenters. The van der Waals surface area contributed by atoms with Gasteiger partial charge in [-0.1, -0.05) is 17.2 Å². The van der Waals surface area contributed by atoms with Crippen LogP contribution in [0.1, 0.15) is 64.6 Å². The first-order valence-corrected chi connectivity index (χ1v) is 10.9. The van der Waals surface area contributed by atoms with Gasteiger partial charge >= 0.3 is 0 Å². The highest BCUT2D eigenvalue weighted by molar-refractivity contribution is 6.00. The molecular formula is C25H33N3O4. The molecule has 3 N–H and O–H groups in total. The molecule has 0 aliphatic carbocycles. The molecule has 1 aliphatic rings. The molecule has 2 amide bonds. The summed E-state index contributed by atoms with van der Waals surface area (Å²) in [5.41, 5.74) is 11.4. The van der Waals surface area contributed by atoms with Crippen molar-refractivity contribution < 1.29 is 19.1 Å². The zero-order valence-electron chi connectivity index (χ0n) is 19.7. The summed E-state index contributed by atoms with van der Waals surface area (Å²) >= 11 is 0. The average molecular weight is 440 g/mol. The highest BCUT2D eigenvalue weighted by Gasteiger charge is 2.31. The van der Waals surface area contributed by atoms with Crippen LogP contribution in [-0.2, 0) is 0 Å². The van der Waals surface area contributed by atoms with Crippen molar-refractivity contribution in [2.45, 2.75) is 59.6 Å². The second kappa shape index (κ2) is 9.20. The highest BCUT2D eigenvalue weighted by atomic mass is 16.6. The molecule has 32 heavy (non-hydrogen) atoms. The number of hydrazine groups is 1. The number of carbonyl (C=O) groups excluding carboxylic acids is 2. The van der Waals surface area contributed by atoms with Crippen LogP contribution >= 0.6 is 0 Å². The van der Waals surface area contributed by atoms with Gasteiger partial charge in [-0.25, -0.2) is 5.01 Å². The molecule has 2 aromatic carbocycles. The number of amides is 2. The molecule has 1 heterocycles. The molecule has 0 spiro atoms. The maximum absolute atomic E-state index is 13.3. The molecule has 0 saturated heterocycles. The van der Waals surface area contributed by atoms with Gasteiger partial charge in [-0.3, -0.25) is 15.0 Å². The Kier molecular flexibility index (Phi) is 6.79. The number of benzene rings is 2. The van der Waals surface area contributed by atoms with Gasteiger partial charge in [0.25, 0.3) is 11.8 Å². The van der Waals surface area contributed by atoms with Crippen LogP contribution in [0.15, 0.2) is 30.3 Å². The fourth-order valence-corrected chi connectivity index (χ4v) is 3.80. The number of rotatable bonds is 4. The minimum atomic E-state index is -0.641. The second-order valence-corrected chi connectivity index (χ2v) is 9.32. The lowest BCUT2D eigenvalue weighted by atomic mass is 10.0. The lowest BCUT2D eigenvalue weighted by Gasteiger charge is -2.36. The van der Waals surface area contributed by atoms with E-state index >= 15 is 0 Å². The first kappa shape index (κ1) is 23.6. The molecule has 1 atom stereocenters. The van der Waals surface area contributed by atoms with Crippen molar-refractivity contribution in [3.8, 4) is 11.5 Å². The number of nitrogens with zero attached hydrogens (tertiary/aromatic N) is 1. The van der Waals surface area contributed by atoms with E-state index < -0.39 is 5.54 Å². The van der Waals surface area contributed by atoms with Crippen molar-refractivity contribution in [2.75, 3.05) is 13.2 Å². The van der Waals surface area contributed by atoms with E-state index in [1.54, 1.807) is 12.1 Å². The van der Waals surface area contributed by atoms with E-state index in [4.69, 9.17) is 15.2 Å². The van der Waals surface area contributed by atoms with E-state index in [1.807, 2.05) is 59.7 Å². The Morgan fingerprint density at radius 1 is 1.12 bits per heavy atom. The molecule has 0 radical (unpaired) electrons. The van der Waals surface area contributed by atoms with Crippen LogP contribution in [0.3, 0.4) is 0 Å². The van der Waals surface area contributed by atoms with Crippen molar-refractivity contribution in [1.29, 1.82) is 0 Å². The van der Waals surface area contributed by atoms with E-state index in [9.17, 15) is 9.59 Å². The van der Waals surface area contributed by atoms with Gasteiger partial charge in [-0.2, -0.15) is 0 Å². The standard InChI is InChI=1S/C25H33N3O4/c1-15-11-16(2)13-18(12-15)24(30)28(25(4,5)6)27-23(29)20-7-8-21-22(17(20)3)32-19(9-10-26)14-31-21/h7-8,11-13,19H,9-10,14,26H2,1-6H3,(H,27,29)/t19-/m0/s1. The van der Waals surface area contributed by atoms with Crippen LogP contribution in [0.25, 0.3) is 0 Å². The van der Waals surface area contributed by atoms with E-state index in [0.29, 0.717) is 47.8 Å². The lowest BCUT2D eigenvalue weighted by Crippen LogP contribution is -2.56. The third kappa shape index (κ3) is 5.05. The third-order valence-electron chi connectivity index (χ3n) is 5.37. The summed E-state index contributed by atoms with van der Waals surface area (Å²) in [4.78, 5) is 26.6. The molecule has 0 bridgehead atoms. The number of hydrogen-bond donors (Lipinski definition) is 2. The molecule has 0 saturated carbocycles. The van der Waals surface area contributed by atoms with Crippen molar-refractivity contribution in [3.63, 3.8) is 0 Å². The van der Waals surface area contributed by atoms with Gasteiger partial charge < -0.3 is 15.2 Å². The number of nitrogens with two attached hydrogens (primary N) is 1. The quantitative estimate of drug-likeness (QED) is 0.709. The van der Waals surface area contributed by atoms with Crippen LogP contribution in [0.4, 0.5) is 0 Å². The number of carbonyl (C=O) groups is 2. The van der Waals surface area contributed by atoms with E-state index in [2.05, 4.69) is 5.43 Å². The zero-order valence-corrected chi connectivity index (χ0v) is 19.7. The number of ether oxygens (including phenoxy) is 2. The van der Waals surface area contributed by atoms with E-state index in [0.717, 1.165) is 11.1 Å². The lowest BCUT2D eigenvalue weighted by molar-refractivity contribution is 0.0357. The molecular weight excluding hydrogens is 406 g/mol. The summed E-state index contributed by atoms with van der Waals surface area (Å²) < 4.78 is 11.8. The Morgan fingerprint density at radius 2 is 1.78 bits per heavy atom. The second-order valence-electron chi connectivity index (χ2n) is 9.32. The maximum Gasteiger partial charge on any atom is 0.272 e. The predicted molar refractivity (Wildman–Crippen MR) is 124 cm³/mol. The number of nitrogens with one attached hydrogen (secondary N) is 1. The molecule has 7 heteroatoms. The van der Waals surface area contributed by atoms with Gasteiger partial charge in [0, 0.05) is 16.7 Å². The fourth-order valence-electron chi connectivity index (χ4n) is 3.80. The van der Waals surface area contributed by atoms with Crippen molar-refractivity contribution in [1.82, 2.24) is 10.4 Å². The summed E-state index contributed by atoms with van der Waals surface area (Å²) in [6.45, 7) is 12.3. The van der Waals surface area contributed by atoms with E-state index in [1.165, 1.54) is 5.01 Å². The summed E-state index contributed by atoms with van der Waals surface area (Å²) in [7, 11) is 0. The van der Waals surface area contributed by atoms with Crippen LogP contribution in [0.5, 0.6) is 11.5 Å². The first-order valence-electron chi connectivity index (χ1n) is 10.9. The molecule has 3 rings (SSSR count). The van der Waals surface area contributed by atoms with Crippen LogP contribution in [0, 0.1) is 20.8 Å². The number of fused-ring (bicyclic) bond motifs is 1. The van der Waals surface area contributed by atoms with Crippen molar-refractivity contribution in [2.24, 2.45) is 5.73 Å². The Labute approximate surface area is 189 Å². The Balaban J connectivity index is 1.89. The molecule has 7 nitrogen and oxygen atoms in total. The smallest absolute Gasteiger partial charge is 0.272 e. The zero-order chi connectivity index (χ0) is 23.6. The molecule has 1 aliphatic heterocycles. The van der Waals surface area contributed by atoms with Crippen molar-refractivity contribution >= 4 is 11.8 Å². The fraction of sp³-hybridized carbons (Fsp3) is 0.440. The molecule has 172 valence electrons. The van der Waals surface area contributed by atoms with Crippen LogP contribution in [-0.4, -0.2) is 41.6 Å². The summed E-state index contributed by atoms with van der Waals surface area (Å²) in [6.07, 6.45) is 0.513. The minimum absolute atomic E-state index is 0.151. The monoisotopic (exact) mass is 439 g/mol. The Hall–Kier alpha value is -3.06. The van der Waals surface area contributed by atoms with Gasteiger partial charge in [0.1, 0.15) is 12.7 Å². The minimum Gasteiger partial charge on any atom is -0.486 e. The Morgan fingerprint density at radius 3 is 2.38 bits per heavy atom. The van der Waals surface area contributed by atoms with Gasteiger partial charge in [0.15, 0.2) is 11.5 Å². The Bertz CT molecular complexity index is 1010. The molecule has 0 aromatic heterocycles. The first-order chi connectivity index (χ1) is 15.0. The summed E-state index contributed by atoms with van der Waals surface area (Å²) in [5, 5.41) is 1.39. The molecule has 0 fully saturated rings. The van der Waals surface area contributed by atoms with Crippen LogP contribution < -0.4 is 20.6 Å². The van der Waals surface area contributed by atoms with E-state index in [-0.39, 0.29) is 17.9 Å². The third-order valence-corrected chi connectivity index (χ3v) is 5.37. The normalized spacial score (nSPS) is 15.3. The van der Waals surface area contributed by atoms with Crippen molar-refractivity contribution in [3.05, 3.63) is 58.1 Å². The molecule has 2 aromatic rings. The number of aryl methyl sites for hydroxylation is 2. The van der Waals surface area contributed by atoms with Gasteiger partial charge in [-0.05, 0) is 78.8 Å². The largest absolute Gasteiger partial charge is 0.486 e. The average Bonchev–Trinajstić information content (AvgIpc) is 2.70. The highest BCUT2D eigenvalue weighted by Crippen LogP contribution is 2.37. The SMILES string of the molecule is Cc1cc(C)cc(C(=O)N(NC(=O)c2ccc3c(c2C)O[C@@H](CCN)CO3)C(C)(C)C)c1. The maximum atomic E-state index is 13.3. The topological polar surface area (TPSA) is 93.9 Å². The van der Waals surface area contributed by atoms with Gasteiger partial charge in [0.05, 0.1) is 5.54 Å². The predicted octanol–water partition coefficient (Wildman–Crippen LogP) is 3.69. The summed E-state index contributed by atoms with van der Waals surface area (Å²) in [5.74, 6) is 0.495. The summed E-state index contributed by atoms with van der Waals surface area (Å²) in [6, 6.07) is 9.08. The van der Waals surface area contributed by atoms with Gasteiger partial charge in [0.2, 0.25) is 0 Å².